The second-order valence-corrected chi connectivity index (χ2v) is 9.69. The molecule has 7 nitrogen and oxygen atoms in total. The zero-order valence-electron chi connectivity index (χ0n) is 16.9. The summed E-state index contributed by atoms with van der Waals surface area (Å²) in [6, 6.07) is 5.17. The standard InChI is InChI=1S/C21H25N5O2S/c1-15-10-19(4-5-20(15)18-11-23-16(2)24-12-18)29(27,28)25-13-21(6-7-21)14-26-9-8-22-17(26)3/h4-5,8-12,25H,6-7,13-14H2,1-3H3. The van der Waals surface area contributed by atoms with Crippen LogP contribution in [0.5, 0.6) is 0 Å². The minimum Gasteiger partial charge on any atom is -0.335 e. The van der Waals surface area contributed by atoms with Crippen LogP contribution in [0.3, 0.4) is 0 Å². The van der Waals surface area contributed by atoms with Crippen molar-refractivity contribution in [1.82, 2.24) is 24.2 Å². The average molecular weight is 412 g/mol. The van der Waals surface area contributed by atoms with Crippen LogP contribution in [0.25, 0.3) is 11.1 Å². The average Bonchev–Trinajstić information content (AvgIpc) is 3.35. The summed E-state index contributed by atoms with van der Waals surface area (Å²) >= 11 is 0. The van der Waals surface area contributed by atoms with E-state index < -0.39 is 10.0 Å². The first kappa shape index (κ1) is 19.7. The van der Waals surface area contributed by atoms with Crippen molar-refractivity contribution in [3.05, 3.63) is 60.2 Å². The normalized spacial score (nSPS) is 15.4. The molecule has 152 valence electrons. The lowest BCUT2D eigenvalue weighted by Gasteiger charge is -2.18. The summed E-state index contributed by atoms with van der Waals surface area (Å²) in [6.07, 6.45) is 9.26. The van der Waals surface area contributed by atoms with Gasteiger partial charge in [-0.1, -0.05) is 6.07 Å². The molecule has 0 aliphatic heterocycles. The van der Waals surface area contributed by atoms with Crippen LogP contribution in [-0.2, 0) is 16.6 Å². The number of hydrogen-bond donors (Lipinski definition) is 1. The molecule has 0 unspecified atom stereocenters. The molecule has 1 aliphatic rings. The number of imidazole rings is 1. The Labute approximate surface area is 171 Å². The molecule has 1 saturated carbocycles. The molecule has 1 aliphatic carbocycles. The molecule has 1 N–H and O–H groups in total. The molecular formula is C21H25N5O2S. The van der Waals surface area contributed by atoms with Crippen LogP contribution >= 0.6 is 0 Å². The van der Waals surface area contributed by atoms with Gasteiger partial charge < -0.3 is 4.57 Å². The molecule has 1 aromatic carbocycles. The fourth-order valence-corrected chi connectivity index (χ4v) is 4.73. The van der Waals surface area contributed by atoms with Crippen LogP contribution in [0.2, 0.25) is 0 Å². The molecule has 2 aromatic heterocycles. The van der Waals surface area contributed by atoms with E-state index >= 15 is 0 Å². The first-order valence-corrected chi connectivity index (χ1v) is 11.1. The van der Waals surface area contributed by atoms with Crippen LogP contribution in [0.1, 0.15) is 30.1 Å². The molecule has 0 bridgehead atoms. The Hall–Kier alpha value is -2.58. The number of nitrogens with zero attached hydrogens (tertiary/aromatic N) is 4. The number of benzene rings is 1. The van der Waals surface area contributed by atoms with Crippen molar-refractivity contribution >= 4 is 10.0 Å². The van der Waals surface area contributed by atoms with Crippen molar-refractivity contribution in [3.8, 4) is 11.1 Å². The summed E-state index contributed by atoms with van der Waals surface area (Å²) in [4.78, 5) is 13.0. The molecule has 0 saturated heterocycles. The van der Waals surface area contributed by atoms with E-state index in [-0.39, 0.29) is 10.3 Å². The van der Waals surface area contributed by atoms with Gasteiger partial charge in [0.05, 0.1) is 4.90 Å². The summed E-state index contributed by atoms with van der Waals surface area (Å²) in [5.74, 6) is 1.65. The number of aromatic nitrogens is 4. The lowest BCUT2D eigenvalue weighted by atomic mass is 10.0. The van der Waals surface area contributed by atoms with Gasteiger partial charge in [-0.15, -0.1) is 0 Å². The fraction of sp³-hybridized carbons (Fsp3) is 0.381. The minimum absolute atomic E-state index is 0.0211. The fourth-order valence-electron chi connectivity index (χ4n) is 3.49. The topological polar surface area (TPSA) is 89.8 Å². The van der Waals surface area contributed by atoms with E-state index in [1.165, 1.54) is 0 Å². The van der Waals surface area contributed by atoms with Gasteiger partial charge in [0.15, 0.2) is 0 Å². The molecule has 2 heterocycles. The third-order valence-electron chi connectivity index (χ3n) is 5.62. The second kappa shape index (κ2) is 7.35. The first-order chi connectivity index (χ1) is 13.8. The summed E-state index contributed by atoms with van der Waals surface area (Å²) in [5.41, 5.74) is 2.65. The van der Waals surface area contributed by atoms with Gasteiger partial charge in [0.1, 0.15) is 11.6 Å². The maximum atomic E-state index is 12.9. The van der Waals surface area contributed by atoms with Crippen LogP contribution in [0, 0.1) is 26.2 Å². The molecule has 0 amide bonds. The van der Waals surface area contributed by atoms with E-state index in [9.17, 15) is 8.42 Å². The number of nitrogens with one attached hydrogen (secondary N) is 1. The highest BCUT2D eigenvalue weighted by Crippen LogP contribution is 2.47. The van der Waals surface area contributed by atoms with Crippen molar-refractivity contribution in [3.63, 3.8) is 0 Å². The van der Waals surface area contributed by atoms with E-state index in [0.717, 1.165) is 41.9 Å². The van der Waals surface area contributed by atoms with Crippen molar-refractivity contribution in [2.24, 2.45) is 5.41 Å². The van der Waals surface area contributed by atoms with Crippen LogP contribution in [-0.4, -0.2) is 34.5 Å². The highest BCUT2D eigenvalue weighted by Gasteiger charge is 2.43. The van der Waals surface area contributed by atoms with Gasteiger partial charge in [-0.25, -0.2) is 28.1 Å². The number of sulfonamides is 1. The zero-order chi connectivity index (χ0) is 20.6. The smallest absolute Gasteiger partial charge is 0.240 e. The SMILES string of the molecule is Cc1ncc(-c2ccc(S(=O)(=O)NCC3(Cn4ccnc4C)CC3)cc2C)cn1. The van der Waals surface area contributed by atoms with Gasteiger partial charge >= 0.3 is 0 Å². The largest absolute Gasteiger partial charge is 0.335 e. The van der Waals surface area contributed by atoms with Gasteiger partial charge in [0.2, 0.25) is 10.0 Å². The minimum atomic E-state index is -3.58. The number of hydrogen-bond acceptors (Lipinski definition) is 5. The van der Waals surface area contributed by atoms with E-state index in [0.29, 0.717) is 12.4 Å². The molecule has 3 aromatic rings. The molecule has 29 heavy (non-hydrogen) atoms. The van der Waals surface area contributed by atoms with E-state index in [4.69, 9.17) is 0 Å². The molecule has 0 atom stereocenters. The van der Waals surface area contributed by atoms with Gasteiger partial charge in [-0.2, -0.15) is 0 Å². The molecular weight excluding hydrogens is 386 g/mol. The summed E-state index contributed by atoms with van der Waals surface area (Å²) in [6.45, 7) is 6.91. The van der Waals surface area contributed by atoms with E-state index in [1.54, 1.807) is 30.7 Å². The van der Waals surface area contributed by atoms with Crippen molar-refractivity contribution in [1.29, 1.82) is 0 Å². The monoisotopic (exact) mass is 411 g/mol. The van der Waals surface area contributed by atoms with Gasteiger partial charge in [-0.3, -0.25) is 0 Å². The van der Waals surface area contributed by atoms with Crippen LogP contribution in [0.15, 0.2) is 47.9 Å². The van der Waals surface area contributed by atoms with E-state index in [2.05, 4.69) is 24.2 Å². The Bertz CT molecular complexity index is 1130. The highest BCUT2D eigenvalue weighted by molar-refractivity contribution is 7.89. The molecule has 1 fully saturated rings. The van der Waals surface area contributed by atoms with Crippen LogP contribution < -0.4 is 4.72 Å². The maximum Gasteiger partial charge on any atom is 0.240 e. The lowest BCUT2D eigenvalue weighted by Crippen LogP contribution is -2.32. The summed E-state index contributed by atoms with van der Waals surface area (Å²) in [7, 11) is -3.58. The van der Waals surface area contributed by atoms with Gasteiger partial charge in [-0.05, 0) is 56.9 Å². The van der Waals surface area contributed by atoms with Gasteiger partial charge in [0, 0.05) is 48.9 Å². The highest BCUT2D eigenvalue weighted by atomic mass is 32.2. The molecule has 8 heteroatoms. The zero-order valence-corrected chi connectivity index (χ0v) is 17.7. The third-order valence-corrected chi connectivity index (χ3v) is 7.02. The molecule has 0 radical (unpaired) electrons. The maximum absolute atomic E-state index is 12.9. The Morgan fingerprint density at radius 2 is 1.83 bits per heavy atom. The number of aryl methyl sites for hydroxylation is 3. The Morgan fingerprint density at radius 3 is 2.41 bits per heavy atom. The first-order valence-electron chi connectivity index (χ1n) is 9.65. The lowest BCUT2D eigenvalue weighted by molar-refractivity contribution is 0.411. The van der Waals surface area contributed by atoms with Crippen molar-refractivity contribution in [2.45, 2.75) is 45.1 Å². The molecule has 4 rings (SSSR count). The quantitative estimate of drug-likeness (QED) is 0.645. The predicted molar refractivity (Wildman–Crippen MR) is 111 cm³/mol. The second-order valence-electron chi connectivity index (χ2n) is 7.92. The molecule has 0 spiro atoms. The van der Waals surface area contributed by atoms with Crippen molar-refractivity contribution in [2.75, 3.05) is 6.54 Å². The van der Waals surface area contributed by atoms with Crippen LogP contribution in [0.4, 0.5) is 0 Å². The Kier molecular flexibility index (Phi) is 5.00. The van der Waals surface area contributed by atoms with E-state index in [1.807, 2.05) is 33.0 Å². The predicted octanol–water partition coefficient (Wildman–Crippen LogP) is 3.02. The summed E-state index contributed by atoms with van der Waals surface area (Å²) in [5, 5.41) is 0. The van der Waals surface area contributed by atoms with Crippen molar-refractivity contribution < 1.29 is 8.42 Å². The number of rotatable bonds is 7. The third kappa shape index (κ3) is 4.23. The Morgan fingerprint density at radius 1 is 1.10 bits per heavy atom. The Balaban J connectivity index is 1.48. The van der Waals surface area contributed by atoms with Gasteiger partial charge in [0.25, 0.3) is 0 Å². The summed E-state index contributed by atoms with van der Waals surface area (Å²) < 4.78 is 30.6.